The van der Waals surface area contributed by atoms with Gasteiger partial charge in [0.2, 0.25) is 0 Å². The Morgan fingerprint density at radius 3 is 2.40 bits per heavy atom. The van der Waals surface area contributed by atoms with Crippen molar-refractivity contribution in [3.05, 3.63) is 59.9 Å². The van der Waals surface area contributed by atoms with Crippen molar-refractivity contribution >= 4 is 23.3 Å². The monoisotopic (exact) mass is 264 g/mol. The zero-order valence-electron chi connectivity index (χ0n) is 11.3. The molecule has 1 aliphatic heterocycles. The first-order chi connectivity index (χ1) is 9.75. The van der Waals surface area contributed by atoms with Crippen molar-refractivity contribution in [3.63, 3.8) is 0 Å². The zero-order chi connectivity index (χ0) is 13.9. The average molecular weight is 264 g/mol. The molecule has 2 aromatic rings. The van der Waals surface area contributed by atoms with Crippen molar-refractivity contribution in [2.75, 3.05) is 19.3 Å². The van der Waals surface area contributed by atoms with Gasteiger partial charge in [-0.1, -0.05) is 12.1 Å². The van der Waals surface area contributed by atoms with Crippen molar-refractivity contribution in [2.24, 2.45) is 4.99 Å². The van der Waals surface area contributed by atoms with E-state index < -0.39 is 0 Å². The highest BCUT2D eigenvalue weighted by atomic mass is 15.1. The number of aromatic nitrogens is 1. The van der Waals surface area contributed by atoms with Gasteiger partial charge in [-0.2, -0.15) is 0 Å². The quantitative estimate of drug-likeness (QED) is 0.848. The molecule has 0 saturated carbocycles. The minimum atomic E-state index is 0.766. The molecule has 0 bridgehead atoms. The van der Waals surface area contributed by atoms with Crippen molar-refractivity contribution in [1.82, 2.24) is 9.88 Å². The number of nitrogens with zero attached hydrogens (tertiary/aromatic N) is 3. The highest BCUT2D eigenvalue weighted by Gasteiger charge is 2.17. The van der Waals surface area contributed by atoms with E-state index in [0.29, 0.717) is 0 Å². The molecule has 0 unspecified atom stereocenters. The summed E-state index contributed by atoms with van der Waals surface area (Å²) in [5, 5.41) is 0. The smallest absolute Gasteiger partial charge is 0.0939 e. The van der Waals surface area contributed by atoms with E-state index in [1.165, 1.54) is 0 Å². The molecule has 2 N–H and O–H groups in total. The summed E-state index contributed by atoms with van der Waals surface area (Å²) in [5.74, 6) is 0. The third-order valence-electron chi connectivity index (χ3n) is 3.32. The molecule has 0 radical (unpaired) electrons. The van der Waals surface area contributed by atoms with Gasteiger partial charge in [0.25, 0.3) is 0 Å². The van der Waals surface area contributed by atoms with Gasteiger partial charge in [0.1, 0.15) is 0 Å². The summed E-state index contributed by atoms with van der Waals surface area (Å²) >= 11 is 0. The number of pyridine rings is 1. The van der Waals surface area contributed by atoms with Crippen LogP contribution in [0.1, 0.15) is 11.1 Å². The largest absolute Gasteiger partial charge is 0.399 e. The molecule has 0 aliphatic carbocycles. The number of hydrogen-bond acceptors (Lipinski definition) is 4. The molecule has 0 fully saturated rings. The Bertz CT molecular complexity index is 657. The van der Waals surface area contributed by atoms with Gasteiger partial charge in [-0.3, -0.25) is 9.98 Å². The number of hydrogen-bond donors (Lipinski definition) is 1. The predicted octanol–water partition coefficient (Wildman–Crippen LogP) is 2.51. The third kappa shape index (κ3) is 2.28. The van der Waals surface area contributed by atoms with E-state index in [4.69, 9.17) is 5.73 Å². The van der Waals surface area contributed by atoms with E-state index in [-0.39, 0.29) is 0 Å². The van der Waals surface area contributed by atoms with Gasteiger partial charge in [-0.05, 0) is 24.3 Å². The Morgan fingerprint density at radius 2 is 1.70 bits per heavy atom. The minimum Gasteiger partial charge on any atom is -0.399 e. The van der Waals surface area contributed by atoms with Crippen LogP contribution in [0.5, 0.6) is 0 Å². The summed E-state index contributed by atoms with van der Waals surface area (Å²) in [4.78, 5) is 10.8. The first kappa shape index (κ1) is 12.4. The second-order valence-corrected chi connectivity index (χ2v) is 4.75. The van der Waals surface area contributed by atoms with Gasteiger partial charge in [0, 0.05) is 42.5 Å². The third-order valence-corrected chi connectivity index (χ3v) is 3.32. The molecule has 0 spiro atoms. The minimum absolute atomic E-state index is 0.766. The number of rotatable bonds is 2. The molecule has 1 aliphatic rings. The Morgan fingerprint density at radius 1 is 1.00 bits per heavy atom. The van der Waals surface area contributed by atoms with Crippen LogP contribution in [0.25, 0.3) is 11.4 Å². The maximum absolute atomic E-state index is 5.77. The number of nitrogen functional groups attached to an aromatic ring is 1. The normalized spacial score (nSPS) is 14.8. The molecule has 3 rings (SSSR count). The lowest BCUT2D eigenvalue weighted by Gasteiger charge is -2.27. The standard InChI is InChI=1S/C16H16N4/c1-20-11-10-19-15(12-6-8-18-9-7-12)16(20)13-2-4-14(17)5-3-13/h2-10H,11,17H2,1H3. The maximum atomic E-state index is 5.77. The second-order valence-electron chi connectivity index (χ2n) is 4.75. The zero-order valence-corrected chi connectivity index (χ0v) is 11.3. The van der Waals surface area contributed by atoms with Gasteiger partial charge in [0.05, 0.1) is 17.9 Å². The predicted molar refractivity (Wildman–Crippen MR) is 83.0 cm³/mol. The van der Waals surface area contributed by atoms with Crippen molar-refractivity contribution in [3.8, 4) is 0 Å². The molecule has 20 heavy (non-hydrogen) atoms. The molecule has 1 aromatic carbocycles. The lowest BCUT2D eigenvalue weighted by Crippen LogP contribution is -2.23. The molecule has 2 heterocycles. The van der Waals surface area contributed by atoms with E-state index in [0.717, 1.165) is 34.8 Å². The number of nitrogens with two attached hydrogens (primary N) is 1. The molecule has 1 aromatic heterocycles. The van der Waals surface area contributed by atoms with E-state index in [1.807, 2.05) is 42.6 Å². The van der Waals surface area contributed by atoms with Gasteiger partial charge in [-0.15, -0.1) is 0 Å². The Kier molecular flexibility index (Phi) is 3.21. The van der Waals surface area contributed by atoms with Crippen molar-refractivity contribution < 1.29 is 0 Å². The lowest BCUT2D eigenvalue weighted by molar-refractivity contribution is 0.552. The number of benzene rings is 1. The molecule has 4 heteroatoms. The summed E-state index contributed by atoms with van der Waals surface area (Å²) in [7, 11) is 2.07. The average Bonchev–Trinajstić information content (AvgIpc) is 2.49. The van der Waals surface area contributed by atoms with Crippen LogP contribution in [0, 0.1) is 0 Å². The van der Waals surface area contributed by atoms with Crippen LogP contribution >= 0.6 is 0 Å². The first-order valence-electron chi connectivity index (χ1n) is 6.50. The second kappa shape index (κ2) is 5.17. The van der Waals surface area contributed by atoms with E-state index >= 15 is 0 Å². The summed E-state index contributed by atoms with van der Waals surface area (Å²) in [6.45, 7) is 0.800. The highest BCUT2D eigenvalue weighted by molar-refractivity contribution is 5.95. The Hall–Kier alpha value is -2.62. The Labute approximate surface area is 118 Å². The molecular weight excluding hydrogens is 248 g/mol. The summed E-state index contributed by atoms with van der Waals surface area (Å²) in [5.41, 5.74) is 10.8. The van der Waals surface area contributed by atoms with Crippen LogP contribution < -0.4 is 5.73 Å². The number of aliphatic imine (C=N–C) groups is 1. The van der Waals surface area contributed by atoms with Crippen LogP contribution in [0.3, 0.4) is 0 Å². The fourth-order valence-corrected chi connectivity index (χ4v) is 2.31. The highest BCUT2D eigenvalue weighted by Crippen LogP contribution is 2.31. The van der Waals surface area contributed by atoms with Gasteiger partial charge < -0.3 is 10.6 Å². The summed E-state index contributed by atoms with van der Waals surface area (Å²) in [6.07, 6.45) is 5.50. The molecule has 0 atom stereocenters. The topological polar surface area (TPSA) is 54.5 Å². The fraction of sp³-hybridized carbons (Fsp3) is 0.125. The molecular formula is C16H16N4. The fourth-order valence-electron chi connectivity index (χ4n) is 2.31. The summed E-state index contributed by atoms with van der Waals surface area (Å²) in [6, 6.07) is 11.8. The lowest BCUT2D eigenvalue weighted by atomic mass is 10.0. The van der Waals surface area contributed by atoms with E-state index in [1.54, 1.807) is 12.4 Å². The SMILES string of the molecule is CN1CC=NC(c2ccncc2)=C1c1ccc(N)cc1. The molecule has 0 saturated heterocycles. The van der Waals surface area contributed by atoms with Gasteiger partial charge in [0.15, 0.2) is 0 Å². The van der Waals surface area contributed by atoms with Crippen LogP contribution in [-0.4, -0.2) is 29.7 Å². The Balaban J connectivity index is 2.17. The van der Waals surface area contributed by atoms with Crippen LogP contribution in [0.15, 0.2) is 53.8 Å². The van der Waals surface area contributed by atoms with Crippen LogP contribution in [0.4, 0.5) is 5.69 Å². The molecule has 4 nitrogen and oxygen atoms in total. The van der Waals surface area contributed by atoms with E-state index in [2.05, 4.69) is 21.9 Å². The summed E-state index contributed by atoms with van der Waals surface area (Å²) < 4.78 is 0. The number of anilines is 1. The van der Waals surface area contributed by atoms with E-state index in [9.17, 15) is 0 Å². The van der Waals surface area contributed by atoms with Crippen LogP contribution in [-0.2, 0) is 0 Å². The van der Waals surface area contributed by atoms with Crippen molar-refractivity contribution in [2.45, 2.75) is 0 Å². The van der Waals surface area contributed by atoms with Crippen molar-refractivity contribution in [1.29, 1.82) is 0 Å². The molecule has 0 amide bonds. The molecule has 100 valence electrons. The van der Waals surface area contributed by atoms with Crippen LogP contribution in [0.2, 0.25) is 0 Å². The van der Waals surface area contributed by atoms with Gasteiger partial charge in [-0.25, -0.2) is 0 Å². The first-order valence-corrected chi connectivity index (χ1v) is 6.50. The van der Waals surface area contributed by atoms with Gasteiger partial charge >= 0.3 is 0 Å². The maximum Gasteiger partial charge on any atom is 0.0939 e.